The molecule has 1 heteroatoms. The zero-order chi connectivity index (χ0) is 13.3. The number of hydrogen-bond acceptors (Lipinski definition) is 1. The maximum atomic E-state index is 11.0. The molecule has 1 aromatic rings. The van der Waals surface area contributed by atoms with Gasteiger partial charge in [-0.25, -0.2) is 0 Å². The summed E-state index contributed by atoms with van der Waals surface area (Å²) in [7, 11) is 0. The second kappa shape index (κ2) is 4.10. The fourth-order valence-electron chi connectivity index (χ4n) is 5.89. The highest BCUT2D eigenvalue weighted by Crippen LogP contribution is 2.72. The standard InChI is InChI=1S/C19H24O/c20-19(18-16-12-8-9-13(10-12)17(16)18)15-7-2-1-6-14(15)11-4-3-5-11/h1-2,6-7,11-13,16-20H,3-5,8-10H2. The summed E-state index contributed by atoms with van der Waals surface area (Å²) in [5, 5.41) is 11.0. The molecule has 2 bridgehead atoms. The summed E-state index contributed by atoms with van der Waals surface area (Å²) in [5.41, 5.74) is 2.74. The average Bonchev–Trinajstić information content (AvgIpc) is 2.84. The van der Waals surface area contributed by atoms with E-state index < -0.39 is 0 Å². The lowest BCUT2D eigenvalue weighted by Crippen LogP contribution is -2.15. The van der Waals surface area contributed by atoms with Crippen molar-refractivity contribution in [1.29, 1.82) is 0 Å². The van der Waals surface area contributed by atoms with E-state index in [1.807, 2.05) is 0 Å². The Labute approximate surface area is 121 Å². The molecule has 1 nitrogen and oxygen atoms in total. The van der Waals surface area contributed by atoms with Crippen LogP contribution in [0.3, 0.4) is 0 Å². The third kappa shape index (κ3) is 1.48. The zero-order valence-electron chi connectivity index (χ0n) is 12.0. The first-order valence-electron chi connectivity index (χ1n) is 8.61. The molecule has 4 fully saturated rings. The largest absolute Gasteiger partial charge is 0.388 e. The number of rotatable bonds is 3. The first-order valence-corrected chi connectivity index (χ1v) is 8.61. The summed E-state index contributed by atoms with van der Waals surface area (Å²) in [4.78, 5) is 0. The van der Waals surface area contributed by atoms with Crippen LogP contribution in [0.2, 0.25) is 0 Å². The predicted molar refractivity (Wildman–Crippen MR) is 79.3 cm³/mol. The maximum absolute atomic E-state index is 11.0. The Bertz CT molecular complexity index is 516. The molecule has 5 rings (SSSR count). The molecule has 1 aromatic carbocycles. The van der Waals surface area contributed by atoms with Crippen LogP contribution in [-0.2, 0) is 0 Å². The van der Waals surface area contributed by atoms with Gasteiger partial charge in [-0.3, -0.25) is 0 Å². The Balaban J connectivity index is 1.43. The number of benzene rings is 1. The maximum Gasteiger partial charge on any atom is 0.0826 e. The van der Waals surface area contributed by atoms with Gasteiger partial charge in [0.05, 0.1) is 6.10 Å². The van der Waals surface area contributed by atoms with E-state index in [2.05, 4.69) is 24.3 Å². The molecule has 0 aromatic heterocycles. The van der Waals surface area contributed by atoms with E-state index in [-0.39, 0.29) is 6.10 Å². The van der Waals surface area contributed by atoms with Gasteiger partial charge in [0.15, 0.2) is 0 Å². The number of aliphatic hydroxyl groups excluding tert-OH is 1. The van der Waals surface area contributed by atoms with Gasteiger partial charge < -0.3 is 5.11 Å². The van der Waals surface area contributed by atoms with Gasteiger partial charge in [-0.1, -0.05) is 30.7 Å². The monoisotopic (exact) mass is 268 g/mol. The summed E-state index contributed by atoms with van der Waals surface area (Å²) in [6, 6.07) is 8.75. The summed E-state index contributed by atoms with van der Waals surface area (Å²) in [6.45, 7) is 0. The van der Waals surface area contributed by atoms with E-state index in [4.69, 9.17) is 0 Å². The first kappa shape index (κ1) is 11.8. The molecule has 106 valence electrons. The second-order valence-corrected chi connectivity index (χ2v) is 7.77. The van der Waals surface area contributed by atoms with Crippen molar-refractivity contribution in [1.82, 2.24) is 0 Å². The Kier molecular flexibility index (Phi) is 2.42. The molecule has 4 aliphatic rings. The van der Waals surface area contributed by atoms with Gasteiger partial charge in [-0.05, 0) is 78.7 Å². The lowest BCUT2D eigenvalue weighted by Gasteiger charge is -2.29. The van der Waals surface area contributed by atoms with Crippen LogP contribution in [0.1, 0.15) is 61.7 Å². The van der Waals surface area contributed by atoms with Gasteiger partial charge in [-0.2, -0.15) is 0 Å². The van der Waals surface area contributed by atoms with Crippen LogP contribution in [0.4, 0.5) is 0 Å². The Hall–Kier alpha value is -0.820. The quantitative estimate of drug-likeness (QED) is 0.867. The van der Waals surface area contributed by atoms with E-state index in [0.29, 0.717) is 5.92 Å². The molecule has 1 N–H and O–H groups in total. The van der Waals surface area contributed by atoms with E-state index >= 15 is 0 Å². The summed E-state index contributed by atoms with van der Waals surface area (Å²) in [6.07, 6.45) is 8.21. The SMILES string of the molecule is OC(c1ccccc1C1CCC1)C1C2C3CCC(C3)C21. The van der Waals surface area contributed by atoms with Crippen molar-refractivity contribution in [2.75, 3.05) is 0 Å². The molecule has 4 aliphatic carbocycles. The third-order valence-corrected chi connectivity index (χ3v) is 7.02. The van der Waals surface area contributed by atoms with Gasteiger partial charge in [0, 0.05) is 0 Å². The normalized spacial score (nSPS) is 43.1. The highest BCUT2D eigenvalue weighted by atomic mass is 16.3. The molecule has 0 amide bonds. The van der Waals surface area contributed by atoms with Crippen LogP contribution >= 0.6 is 0 Å². The summed E-state index contributed by atoms with van der Waals surface area (Å²) in [5.74, 6) is 5.00. The third-order valence-electron chi connectivity index (χ3n) is 7.02. The number of aliphatic hydroxyl groups is 1. The summed E-state index contributed by atoms with van der Waals surface area (Å²) >= 11 is 0. The Morgan fingerprint density at radius 1 is 0.950 bits per heavy atom. The van der Waals surface area contributed by atoms with Crippen molar-refractivity contribution in [2.45, 2.75) is 50.5 Å². The average molecular weight is 268 g/mol. The number of fused-ring (bicyclic) bond motifs is 5. The number of hydrogen-bond donors (Lipinski definition) is 1. The van der Waals surface area contributed by atoms with Crippen molar-refractivity contribution in [3.63, 3.8) is 0 Å². The van der Waals surface area contributed by atoms with Gasteiger partial charge >= 0.3 is 0 Å². The van der Waals surface area contributed by atoms with Gasteiger partial charge in [0.25, 0.3) is 0 Å². The van der Waals surface area contributed by atoms with Gasteiger partial charge in [-0.15, -0.1) is 0 Å². The van der Waals surface area contributed by atoms with E-state index in [1.165, 1.54) is 49.7 Å². The Morgan fingerprint density at radius 3 is 2.30 bits per heavy atom. The highest BCUT2D eigenvalue weighted by molar-refractivity contribution is 5.35. The van der Waals surface area contributed by atoms with Crippen LogP contribution in [-0.4, -0.2) is 5.11 Å². The van der Waals surface area contributed by atoms with E-state index in [0.717, 1.165) is 29.6 Å². The van der Waals surface area contributed by atoms with Crippen molar-refractivity contribution in [3.8, 4) is 0 Å². The second-order valence-electron chi connectivity index (χ2n) is 7.77. The minimum absolute atomic E-state index is 0.176. The molecule has 5 unspecified atom stereocenters. The molecular formula is C19H24O. The fraction of sp³-hybridized carbons (Fsp3) is 0.684. The lowest BCUT2D eigenvalue weighted by atomic mass is 9.76. The molecular weight excluding hydrogens is 244 g/mol. The predicted octanol–water partition coefficient (Wildman–Crippen LogP) is 4.28. The lowest BCUT2D eigenvalue weighted by molar-refractivity contribution is 0.128. The van der Waals surface area contributed by atoms with Crippen LogP contribution in [0.15, 0.2) is 24.3 Å². The summed E-state index contributed by atoms with van der Waals surface area (Å²) < 4.78 is 0. The van der Waals surface area contributed by atoms with Crippen molar-refractivity contribution in [2.24, 2.45) is 29.6 Å². The van der Waals surface area contributed by atoms with Crippen molar-refractivity contribution < 1.29 is 5.11 Å². The molecule has 0 heterocycles. The van der Waals surface area contributed by atoms with Gasteiger partial charge in [0.2, 0.25) is 0 Å². The smallest absolute Gasteiger partial charge is 0.0826 e. The fourth-order valence-corrected chi connectivity index (χ4v) is 5.89. The molecule has 4 saturated carbocycles. The van der Waals surface area contributed by atoms with E-state index in [1.54, 1.807) is 0 Å². The van der Waals surface area contributed by atoms with Crippen LogP contribution < -0.4 is 0 Å². The minimum Gasteiger partial charge on any atom is -0.388 e. The van der Waals surface area contributed by atoms with Crippen molar-refractivity contribution in [3.05, 3.63) is 35.4 Å². The molecule has 0 radical (unpaired) electrons. The van der Waals surface area contributed by atoms with Crippen molar-refractivity contribution >= 4 is 0 Å². The Morgan fingerprint density at radius 2 is 1.65 bits per heavy atom. The van der Waals surface area contributed by atoms with Crippen LogP contribution in [0.5, 0.6) is 0 Å². The molecule has 0 spiro atoms. The molecule has 0 aliphatic heterocycles. The van der Waals surface area contributed by atoms with Crippen LogP contribution in [0, 0.1) is 29.6 Å². The molecule has 0 saturated heterocycles. The van der Waals surface area contributed by atoms with Gasteiger partial charge in [0.1, 0.15) is 0 Å². The zero-order valence-corrected chi connectivity index (χ0v) is 12.0. The van der Waals surface area contributed by atoms with Crippen LogP contribution in [0.25, 0.3) is 0 Å². The highest BCUT2D eigenvalue weighted by Gasteiger charge is 2.66. The first-order chi connectivity index (χ1) is 9.84. The topological polar surface area (TPSA) is 20.2 Å². The minimum atomic E-state index is -0.176. The molecule has 5 atom stereocenters. The van der Waals surface area contributed by atoms with E-state index in [9.17, 15) is 5.11 Å². The molecule has 20 heavy (non-hydrogen) atoms.